The zero-order valence-electron chi connectivity index (χ0n) is 13.3. The topological polar surface area (TPSA) is 89.8 Å². The minimum absolute atomic E-state index is 0.204. The van der Waals surface area contributed by atoms with Gasteiger partial charge in [0, 0.05) is 0 Å². The molecule has 0 aliphatic heterocycles. The molecule has 0 spiro atoms. The number of aromatic nitrogens is 4. The van der Waals surface area contributed by atoms with Crippen molar-refractivity contribution in [1.29, 1.82) is 0 Å². The van der Waals surface area contributed by atoms with E-state index in [4.69, 9.17) is 0 Å². The SMILES string of the molecule is Cc1c(NS(=O)(=O)c2cccc(C(F)(F)F)c2)cccc1-n1cnnn1. The molecule has 1 heterocycles. The number of halogens is 3. The Labute approximate surface area is 146 Å². The molecule has 7 nitrogen and oxygen atoms in total. The Bertz CT molecular complexity index is 1030. The molecular formula is C15H12F3N5O2S. The van der Waals surface area contributed by atoms with Gasteiger partial charge in [0.05, 0.1) is 21.8 Å². The number of anilines is 1. The Morgan fingerprint density at radius 2 is 1.85 bits per heavy atom. The first-order chi connectivity index (χ1) is 12.2. The van der Waals surface area contributed by atoms with Crippen molar-refractivity contribution in [1.82, 2.24) is 20.2 Å². The molecule has 3 aromatic rings. The summed E-state index contributed by atoms with van der Waals surface area (Å²) in [4.78, 5) is -0.487. The second-order valence-electron chi connectivity index (χ2n) is 5.34. The number of rotatable bonds is 4. The summed E-state index contributed by atoms with van der Waals surface area (Å²) in [5.74, 6) is 0. The molecule has 3 rings (SSSR count). The van der Waals surface area contributed by atoms with Crippen LogP contribution in [0.3, 0.4) is 0 Å². The molecule has 0 atom stereocenters. The van der Waals surface area contributed by atoms with Gasteiger partial charge in [-0.15, -0.1) is 5.10 Å². The van der Waals surface area contributed by atoms with Gasteiger partial charge in [0.1, 0.15) is 6.33 Å². The van der Waals surface area contributed by atoms with Crippen LogP contribution in [0.1, 0.15) is 11.1 Å². The Morgan fingerprint density at radius 1 is 1.12 bits per heavy atom. The average molecular weight is 383 g/mol. The van der Waals surface area contributed by atoms with Crippen LogP contribution in [0.2, 0.25) is 0 Å². The van der Waals surface area contributed by atoms with Crippen LogP contribution in [0.5, 0.6) is 0 Å². The van der Waals surface area contributed by atoms with Gasteiger partial charge >= 0.3 is 6.18 Å². The van der Waals surface area contributed by atoms with Crippen LogP contribution in [0.4, 0.5) is 18.9 Å². The first-order valence-electron chi connectivity index (χ1n) is 7.21. The molecule has 0 aliphatic rings. The van der Waals surface area contributed by atoms with Crippen LogP contribution in [0, 0.1) is 6.92 Å². The van der Waals surface area contributed by atoms with Crippen LogP contribution in [0.15, 0.2) is 53.7 Å². The van der Waals surface area contributed by atoms with Gasteiger partial charge < -0.3 is 0 Å². The van der Waals surface area contributed by atoms with E-state index >= 15 is 0 Å². The van der Waals surface area contributed by atoms with Crippen molar-refractivity contribution in [2.24, 2.45) is 0 Å². The summed E-state index contributed by atoms with van der Waals surface area (Å²) in [5, 5.41) is 10.8. The van der Waals surface area contributed by atoms with Gasteiger partial charge in [-0.05, 0) is 53.2 Å². The zero-order valence-corrected chi connectivity index (χ0v) is 14.1. The monoisotopic (exact) mass is 383 g/mol. The first-order valence-corrected chi connectivity index (χ1v) is 8.70. The molecular weight excluding hydrogens is 371 g/mol. The van der Waals surface area contributed by atoms with Crippen molar-refractivity contribution < 1.29 is 21.6 Å². The Kier molecular flexibility index (Phi) is 4.40. The number of hydrogen-bond donors (Lipinski definition) is 1. The van der Waals surface area contributed by atoms with Crippen LogP contribution >= 0.6 is 0 Å². The van der Waals surface area contributed by atoms with Gasteiger partial charge in [-0.2, -0.15) is 13.2 Å². The minimum atomic E-state index is -4.64. The maximum absolute atomic E-state index is 12.8. The summed E-state index contributed by atoms with van der Waals surface area (Å²) >= 11 is 0. The third-order valence-electron chi connectivity index (χ3n) is 3.62. The number of tetrazole rings is 1. The van der Waals surface area contributed by atoms with Gasteiger partial charge in [-0.3, -0.25) is 4.72 Å². The van der Waals surface area contributed by atoms with Crippen molar-refractivity contribution >= 4 is 15.7 Å². The second kappa shape index (κ2) is 6.41. The predicted molar refractivity (Wildman–Crippen MR) is 86.1 cm³/mol. The first kappa shape index (κ1) is 17.9. The minimum Gasteiger partial charge on any atom is -0.279 e. The molecule has 26 heavy (non-hydrogen) atoms. The Hall–Kier alpha value is -2.95. The third-order valence-corrected chi connectivity index (χ3v) is 4.98. The molecule has 0 bridgehead atoms. The van der Waals surface area contributed by atoms with Crippen molar-refractivity contribution in [2.45, 2.75) is 18.0 Å². The Balaban J connectivity index is 1.98. The molecule has 136 valence electrons. The van der Waals surface area contributed by atoms with E-state index in [1.54, 1.807) is 19.1 Å². The predicted octanol–water partition coefficient (Wildman–Crippen LogP) is 2.79. The highest BCUT2D eigenvalue weighted by Crippen LogP contribution is 2.31. The molecule has 0 amide bonds. The molecule has 0 saturated carbocycles. The average Bonchev–Trinajstić information content (AvgIpc) is 3.10. The molecule has 0 saturated heterocycles. The van der Waals surface area contributed by atoms with Gasteiger partial charge in [0.15, 0.2) is 0 Å². The molecule has 11 heteroatoms. The van der Waals surface area contributed by atoms with Crippen molar-refractivity contribution in [3.05, 3.63) is 59.9 Å². The number of nitrogens with zero attached hydrogens (tertiary/aromatic N) is 4. The molecule has 0 radical (unpaired) electrons. The molecule has 1 N–H and O–H groups in total. The fourth-order valence-corrected chi connectivity index (χ4v) is 3.47. The Morgan fingerprint density at radius 3 is 2.50 bits per heavy atom. The van der Waals surface area contributed by atoms with Gasteiger partial charge in [0.2, 0.25) is 0 Å². The van der Waals surface area contributed by atoms with Crippen LogP contribution < -0.4 is 4.72 Å². The third kappa shape index (κ3) is 3.52. The fourth-order valence-electron chi connectivity index (χ4n) is 2.30. The van der Waals surface area contributed by atoms with E-state index in [-0.39, 0.29) is 5.69 Å². The molecule has 0 aliphatic carbocycles. The maximum Gasteiger partial charge on any atom is 0.416 e. The maximum atomic E-state index is 12.8. The van der Waals surface area contributed by atoms with Gasteiger partial charge in [0.25, 0.3) is 10.0 Å². The quantitative estimate of drug-likeness (QED) is 0.748. The lowest BCUT2D eigenvalue weighted by Gasteiger charge is -2.14. The number of sulfonamides is 1. The highest BCUT2D eigenvalue weighted by Gasteiger charge is 2.31. The molecule has 0 unspecified atom stereocenters. The lowest BCUT2D eigenvalue weighted by Crippen LogP contribution is -2.16. The fraction of sp³-hybridized carbons (Fsp3) is 0.133. The van der Waals surface area contributed by atoms with E-state index in [1.807, 2.05) is 0 Å². The number of nitrogens with one attached hydrogen (secondary N) is 1. The van der Waals surface area contributed by atoms with Gasteiger partial charge in [-0.25, -0.2) is 13.1 Å². The van der Waals surface area contributed by atoms with Crippen LogP contribution in [0.25, 0.3) is 5.69 Å². The summed E-state index contributed by atoms with van der Waals surface area (Å²) in [5.41, 5.74) is 0.199. The largest absolute Gasteiger partial charge is 0.416 e. The summed E-state index contributed by atoms with van der Waals surface area (Å²) in [7, 11) is -4.22. The van der Waals surface area contributed by atoms with Crippen molar-refractivity contribution in [3.8, 4) is 5.69 Å². The zero-order chi connectivity index (χ0) is 18.9. The van der Waals surface area contributed by atoms with E-state index in [0.29, 0.717) is 17.3 Å². The standard InChI is InChI=1S/C15H12F3N5O2S/c1-10-13(6-3-7-14(10)23-9-19-21-22-23)20-26(24,25)12-5-2-4-11(8-12)15(16,17)18/h2-9,20H,1H3. The number of benzene rings is 2. The number of alkyl halides is 3. The van der Waals surface area contributed by atoms with E-state index in [1.165, 1.54) is 17.1 Å². The van der Waals surface area contributed by atoms with Crippen molar-refractivity contribution in [3.63, 3.8) is 0 Å². The van der Waals surface area contributed by atoms with E-state index in [0.717, 1.165) is 18.2 Å². The molecule has 1 aromatic heterocycles. The van der Waals surface area contributed by atoms with E-state index in [2.05, 4.69) is 20.2 Å². The van der Waals surface area contributed by atoms with E-state index < -0.39 is 26.7 Å². The number of hydrogen-bond acceptors (Lipinski definition) is 5. The summed E-state index contributed by atoms with van der Waals surface area (Å²) in [6.45, 7) is 1.64. The smallest absolute Gasteiger partial charge is 0.279 e. The molecule has 0 fully saturated rings. The molecule has 2 aromatic carbocycles. The second-order valence-corrected chi connectivity index (χ2v) is 7.02. The summed E-state index contributed by atoms with van der Waals surface area (Å²) < 4.78 is 67.1. The summed E-state index contributed by atoms with van der Waals surface area (Å²) in [6, 6.07) is 8.28. The van der Waals surface area contributed by atoms with Crippen LogP contribution in [-0.4, -0.2) is 28.6 Å². The summed E-state index contributed by atoms with van der Waals surface area (Å²) in [6.07, 6.45) is -3.30. The lowest BCUT2D eigenvalue weighted by atomic mass is 10.1. The lowest BCUT2D eigenvalue weighted by molar-refractivity contribution is -0.137. The van der Waals surface area contributed by atoms with Crippen molar-refractivity contribution in [2.75, 3.05) is 4.72 Å². The van der Waals surface area contributed by atoms with E-state index in [9.17, 15) is 21.6 Å². The van der Waals surface area contributed by atoms with Crippen LogP contribution in [-0.2, 0) is 16.2 Å². The highest BCUT2D eigenvalue weighted by atomic mass is 32.2. The normalized spacial score (nSPS) is 12.2. The highest BCUT2D eigenvalue weighted by molar-refractivity contribution is 7.92. The van der Waals surface area contributed by atoms with Gasteiger partial charge in [-0.1, -0.05) is 12.1 Å².